The Morgan fingerprint density at radius 3 is 2.45 bits per heavy atom. The van der Waals surface area contributed by atoms with Crippen LogP contribution in [0.25, 0.3) is 0 Å². The van der Waals surface area contributed by atoms with Gasteiger partial charge < -0.3 is 10.1 Å². The Hall–Kier alpha value is -1.53. The molecule has 1 aromatic carbocycles. The van der Waals surface area contributed by atoms with E-state index in [9.17, 15) is 9.59 Å². The zero-order chi connectivity index (χ0) is 17.0. The molecule has 122 valence electrons. The van der Waals surface area contributed by atoms with E-state index in [0.29, 0.717) is 31.0 Å². The van der Waals surface area contributed by atoms with E-state index < -0.39 is 0 Å². The van der Waals surface area contributed by atoms with Crippen LogP contribution in [0.2, 0.25) is 0 Å². The van der Waals surface area contributed by atoms with Gasteiger partial charge in [-0.3, -0.25) is 14.5 Å². The summed E-state index contributed by atoms with van der Waals surface area (Å²) >= 11 is 3.41. The standard InChI is InChI=1S/C14H18BrNO2.C2H5NO/c1-11(4-3-7-17)16(2)9-13-8-14(15)6-5-12(13)10-18;1-3-2-4/h5-8,10-11H,3-4,9H2,1-2H3;2H,1H3,(H,3,4). The summed E-state index contributed by atoms with van der Waals surface area (Å²) in [5.74, 6) is 0. The van der Waals surface area contributed by atoms with Gasteiger partial charge in [-0.15, -0.1) is 0 Å². The zero-order valence-corrected chi connectivity index (χ0v) is 14.8. The van der Waals surface area contributed by atoms with Crippen molar-refractivity contribution < 1.29 is 14.4 Å². The number of carbonyl (C=O) groups is 3. The molecule has 1 N–H and O–H groups in total. The highest BCUT2D eigenvalue weighted by Gasteiger charge is 2.11. The monoisotopic (exact) mass is 370 g/mol. The molecular weight excluding hydrogens is 348 g/mol. The summed E-state index contributed by atoms with van der Waals surface area (Å²) in [5, 5.41) is 2.25. The van der Waals surface area contributed by atoms with Gasteiger partial charge in [0.15, 0.2) is 0 Å². The molecule has 6 heteroatoms. The van der Waals surface area contributed by atoms with Crippen LogP contribution in [0.5, 0.6) is 0 Å². The lowest BCUT2D eigenvalue weighted by Gasteiger charge is -2.24. The fourth-order valence-corrected chi connectivity index (χ4v) is 2.19. The summed E-state index contributed by atoms with van der Waals surface area (Å²) in [4.78, 5) is 32.6. The van der Waals surface area contributed by atoms with Crippen molar-refractivity contribution in [2.45, 2.75) is 32.4 Å². The summed E-state index contributed by atoms with van der Waals surface area (Å²) in [6.45, 7) is 2.79. The number of benzene rings is 1. The number of nitrogens with one attached hydrogen (secondary N) is 1. The first kappa shape index (κ1) is 20.5. The molecule has 1 aromatic rings. The molecule has 22 heavy (non-hydrogen) atoms. The van der Waals surface area contributed by atoms with Gasteiger partial charge in [-0.25, -0.2) is 0 Å². The summed E-state index contributed by atoms with van der Waals surface area (Å²) in [6, 6.07) is 5.96. The van der Waals surface area contributed by atoms with Crippen LogP contribution in [0, 0.1) is 0 Å². The molecule has 0 aliphatic carbocycles. The third kappa shape index (κ3) is 8.05. The van der Waals surface area contributed by atoms with Crippen molar-refractivity contribution in [2.75, 3.05) is 14.1 Å². The topological polar surface area (TPSA) is 66.5 Å². The van der Waals surface area contributed by atoms with E-state index in [1.54, 1.807) is 7.05 Å². The number of rotatable bonds is 8. The largest absolute Gasteiger partial charge is 0.362 e. The second-order valence-corrected chi connectivity index (χ2v) is 5.79. The number of hydrogen-bond acceptors (Lipinski definition) is 4. The Balaban J connectivity index is 0.000000980. The summed E-state index contributed by atoms with van der Waals surface area (Å²) < 4.78 is 0.969. The van der Waals surface area contributed by atoms with Crippen LogP contribution >= 0.6 is 15.9 Å². The van der Waals surface area contributed by atoms with Crippen LogP contribution in [-0.2, 0) is 16.1 Å². The van der Waals surface area contributed by atoms with E-state index in [1.165, 1.54) is 0 Å². The Labute approximate surface area is 140 Å². The van der Waals surface area contributed by atoms with Gasteiger partial charge in [0.25, 0.3) is 0 Å². The summed E-state index contributed by atoms with van der Waals surface area (Å²) in [6.07, 6.45) is 3.86. The van der Waals surface area contributed by atoms with Crippen LogP contribution in [0.3, 0.4) is 0 Å². The number of carbonyl (C=O) groups excluding carboxylic acids is 3. The normalized spacial score (nSPS) is 11.1. The SMILES string of the molecule is CC(CCC=O)N(C)Cc1cc(Br)ccc1C=O.CNC=O. The van der Waals surface area contributed by atoms with Crippen molar-refractivity contribution in [2.24, 2.45) is 0 Å². The highest BCUT2D eigenvalue weighted by atomic mass is 79.9. The molecule has 1 atom stereocenters. The number of aldehydes is 2. The van der Waals surface area contributed by atoms with Crippen LogP contribution < -0.4 is 5.32 Å². The maximum Gasteiger partial charge on any atom is 0.206 e. The van der Waals surface area contributed by atoms with E-state index in [0.717, 1.165) is 29.0 Å². The maximum absolute atomic E-state index is 11.0. The predicted molar refractivity (Wildman–Crippen MR) is 90.9 cm³/mol. The third-order valence-electron chi connectivity index (χ3n) is 3.22. The molecule has 0 radical (unpaired) electrons. The Bertz CT molecular complexity index is 480. The Kier molecular flexibility index (Phi) is 11.2. The first-order valence-electron chi connectivity index (χ1n) is 6.98. The third-order valence-corrected chi connectivity index (χ3v) is 3.72. The minimum Gasteiger partial charge on any atom is -0.362 e. The smallest absolute Gasteiger partial charge is 0.206 e. The van der Waals surface area contributed by atoms with Crippen molar-refractivity contribution in [1.82, 2.24) is 10.2 Å². The van der Waals surface area contributed by atoms with Gasteiger partial charge in [0, 0.05) is 36.1 Å². The predicted octanol–water partition coefficient (Wildman–Crippen LogP) is 2.42. The molecule has 0 spiro atoms. The van der Waals surface area contributed by atoms with E-state index >= 15 is 0 Å². The second-order valence-electron chi connectivity index (χ2n) is 4.88. The van der Waals surface area contributed by atoms with E-state index in [2.05, 4.69) is 33.1 Å². The van der Waals surface area contributed by atoms with Crippen LogP contribution in [0.4, 0.5) is 0 Å². The van der Waals surface area contributed by atoms with E-state index in [1.807, 2.05) is 25.2 Å². The molecule has 0 fully saturated rings. The number of nitrogens with zero attached hydrogens (tertiary/aromatic N) is 1. The van der Waals surface area contributed by atoms with Gasteiger partial charge in [0.05, 0.1) is 0 Å². The van der Waals surface area contributed by atoms with Crippen LogP contribution in [0.15, 0.2) is 22.7 Å². The molecular formula is C16H23BrN2O3. The lowest BCUT2D eigenvalue weighted by atomic mass is 10.1. The molecule has 1 rings (SSSR count). The minimum atomic E-state index is 0.314. The fraction of sp³-hybridized carbons (Fsp3) is 0.438. The lowest BCUT2D eigenvalue weighted by Crippen LogP contribution is -2.29. The Morgan fingerprint density at radius 1 is 1.32 bits per heavy atom. The van der Waals surface area contributed by atoms with Crippen molar-refractivity contribution in [3.8, 4) is 0 Å². The summed E-state index contributed by atoms with van der Waals surface area (Å²) in [7, 11) is 3.57. The van der Waals surface area contributed by atoms with Crippen molar-refractivity contribution in [3.63, 3.8) is 0 Å². The van der Waals surface area contributed by atoms with Gasteiger partial charge >= 0.3 is 0 Å². The van der Waals surface area contributed by atoms with Gasteiger partial charge in [-0.2, -0.15) is 0 Å². The average molecular weight is 371 g/mol. The van der Waals surface area contributed by atoms with Crippen LogP contribution in [-0.4, -0.2) is 44.0 Å². The molecule has 1 unspecified atom stereocenters. The highest BCUT2D eigenvalue weighted by Crippen LogP contribution is 2.18. The quantitative estimate of drug-likeness (QED) is 0.713. The molecule has 1 amide bonds. The van der Waals surface area contributed by atoms with Crippen molar-refractivity contribution >= 4 is 34.9 Å². The molecule has 0 aliphatic rings. The Morgan fingerprint density at radius 2 is 1.95 bits per heavy atom. The van der Waals surface area contributed by atoms with Gasteiger partial charge in [0.2, 0.25) is 6.41 Å². The second kappa shape index (κ2) is 12.1. The fourth-order valence-electron chi connectivity index (χ4n) is 1.78. The molecule has 5 nitrogen and oxygen atoms in total. The van der Waals surface area contributed by atoms with E-state index in [4.69, 9.17) is 4.79 Å². The van der Waals surface area contributed by atoms with Crippen molar-refractivity contribution in [3.05, 3.63) is 33.8 Å². The molecule has 0 saturated heterocycles. The minimum absolute atomic E-state index is 0.314. The molecule has 0 saturated carbocycles. The maximum atomic E-state index is 11.0. The molecule has 0 bridgehead atoms. The summed E-state index contributed by atoms with van der Waals surface area (Å²) in [5.41, 5.74) is 1.72. The number of amides is 1. The molecule has 0 aromatic heterocycles. The first-order valence-corrected chi connectivity index (χ1v) is 7.77. The van der Waals surface area contributed by atoms with Crippen LogP contribution in [0.1, 0.15) is 35.7 Å². The number of hydrogen-bond donors (Lipinski definition) is 1. The first-order chi connectivity index (χ1) is 10.5. The lowest BCUT2D eigenvalue weighted by molar-refractivity contribution is -0.109. The van der Waals surface area contributed by atoms with E-state index in [-0.39, 0.29) is 0 Å². The molecule has 0 heterocycles. The average Bonchev–Trinajstić information content (AvgIpc) is 2.53. The van der Waals surface area contributed by atoms with Crippen molar-refractivity contribution in [1.29, 1.82) is 0 Å². The number of halogens is 1. The zero-order valence-electron chi connectivity index (χ0n) is 13.2. The van der Waals surface area contributed by atoms with Gasteiger partial charge in [-0.1, -0.05) is 22.0 Å². The van der Waals surface area contributed by atoms with Gasteiger partial charge in [-0.05, 0) is 38.1 Å². The molecule has 0 aliphatic heterocycles. The van der Waals surface area contributed by atoms with Gasteiger partial charge in [0.1, 0.15) is 12.6 Å². The highest BCUT2D eigenvalue weighted by molar-refractivity contribution is 9.10.